The lowest BCUT2D eigenvalue weighted by atomic mass is 9.47. The molecule has 2 heteroatoms. The van der Waals surface area contributed by atoms with Gasteiger partial charge in [0, 0.05) is 6.04 Å². The minimum Gasteiger partial charge on any atom is -0.501 e. The lowest BCUT2D eigenvalue weighted by Crippen LogP contribution is -2.56. The van der Waals surface area contributed by atoms with E-state index < -0.39 is 0 Å². The van der Waals surface area contributed by atoms with Gasteiger partial charge in [-0.3, -0.25) is 0 Å². The van der Waals surface area contributed by atoms with Crippen LogP contribution in [0.25, 0.3) is 0 Å². The lowest BCUT2D eigenvalue weighted by Gasteiger charge is -2.60. The predicted octanol–water partition coefficient (Wildman–Crippen LogP) is 4.27. The summed E-state index contributed by atoms with van der Waals surface area (Å²) in [6.45, 7) is 4.37. The van der Waals surface area contributed by atoms with Crippen molar-refractivity contribution in [1.82, 2.24) is 5.32 Å². The third-order valence-electron chi connectivity index (χ3n) is 6.63. The Labute approximate surface area is 129 Å². The average Bonchev–Trinajstić information content (AvgIpc) is 2.47. The smallest absolute Gasteiger partial charge is 0.0876 e. The Balaban J connectivity index is 1.61. The van der Waals surface area contributed by atoms with E-state index in [2.05, 4.69) is 18.5 Å². The fourth-order valence-electron chi connectivity index (χ4n) is 6.36. The van der Waals surface area contributed by atoms with Gasteiger partial charge in [0.1, 0.15) is 0 Å². The Morgan fingerprint density at radius 1 is 1.19 bits per heavy atom. The Kier molecular flexibility index (Phi) is 3.77. The largest absolute Gasteiger partial charge is 0.501 e. The molecule has 21 heavy (non-hydrogen) atoms. The molecule has 0 aromatic carbocycles. The first kappa shape index (κ1) is 14.1. The second kappa shape index (κ2) is 5.61. The summed E-state index contributed by atoms with van der Waals surface area (Å²) in [5.41, 5.74) is 2.15. The van der Waals surface area contributed by atoms with Crippen molar-refractivity contribution in [2.24, 2.45) is 23.2 Å². The molecule has 1 aliphatic heterocycles. The van der Waals surface area contributed by atoms with Crippen LogP contribution in [0.1, 0.15) is 64.7 Å². The molecule has 5 aliphatic rings. The van der Waals surface area contributed by atoms with Gasteiger partial charge in [-0.25, -0.2) is 0 Å². The summed E-state index contributed by atoms with van der Waals surface area (Å²) in [6, 6.07) is 0.603. The fraction of sp³-hybridized carbons (Fsp3) is 0.895. The normalized spacial score (nSPS) is 42.5. The van der Waals surface area contributed by atoms with E-state index in [1.54, 1.807) is 5.57 Å². The first-order valence-corrected chi connectivity index (χ1v) is 9.33. The summed E-state index contributed by atoms with van der Waals surface area (Å²) in [4.78, 5) is 0. The number of hydrogen-bond acceptors (Lipinski definition) is 2. The van der Waals surface area contributed by atoms with E-state index in [1.165, 1.54) is 57.8 Å². The Morgan fingerprint density at radius 3 is 2.38 bits per heavy atom. The Morgan fingerprint density at radius 2 is 1.86 bits per heavy atom. The highest BCUT2D eigenvalue weighted by Gasteiger charge is 2.54. The van der Waals surface area contributed by atoms with Crippen LogP contribution in [0.3, 0.4) is 0 Å². The summed E-state index contributed by atoms with van der Waals surface area (Å²) in [7, 11) is 0. The molecular weight excluding hydrogens is 258 g/mol. The van der Waals surface area contributed by atoms with Crippen LogP contribution in [0.4, 0.5) is 0 Å². The molecule has 1 heterocycles. The molecule has 5 rings (SSSR count). The SMILES string of the molecule is CCCNC(C1=COCCC1)C12CC3CC(CC(C3)C1)C2. The van der Waals surface area contributed by atoms with Crippen LogP contribution < -0.4 is 5.32 Å². The van der Waals surface area contributed by atoms with Crippen molar-refractivity contribution in [3.05, 3.63) is 11.8 Å². The van der Waals surface area contributed by atoms with Crippen LogP contribution in [0.15, 0.2) is 11.8 Å². The van der Waals surface area contributed by atoms with Gasteiger partial charge < -0.3 is 10.1 Å². The Hall–Kier alpha value is -0.500. The molecule has 4 saturated carbocycles. The molecule has 0 spiro atoms. The van der Waals surface area contributed by atoms with Crippen molar-refractivity contribution in [3.63, 3.8) is 0 Å². The maximum absolute atomic E-state index is 5.70. The monoisotopic (exact) mass is 289 g/mol. The molecule has 4 aliphatic carbocycles. The van der Waals surface area contributed by atoms with Crippen molar-refractivity contribution in [2.45, 2.75) is 70.8 Å². The molecule has 1 N–H and O–H groups in total. The molecule has 4 bridgehead atoms. The summed E-state index contributed by atoms with van der Waals surface area (Å²) in [5, 5.41) is 3.95. The zero-order valence-corrected chi connectivity index (χ0v) is 13.6. The molecule has 2 nitrogen and oxygen atoms in total. The number of rotatable bonds is 5. The predicted molar refractivity (Wildman–Crippen MR) is 86.0 cm³/mol. The van der Waals surface area contributed by atoms with Crippen molar-refractivity contribution < 1.29 is 4.74 Å². The molecule has 118 valence electrons. The topological polar surface area (TPSA) is 21.3 Å². The van der Waals surface area contributed by atoms with Gasteiger partial charge in [0.2, 0.25) is 0 Å². The van der Waals surface area contributed by atoms with Crippen LogP contribution >= 0.6 is 0 Å². The van der Waals surface area contributed by atoms with Crippen molar-refractivity contribution in [1.29, 1.82) is 0 Å². The number of hydrogen-bond donors (Lipinski definition) is 1. The van der Waals surface area contributed by atoms with E-state index in [0.29, 0.717) is 11.5 Å². The molecule has 0 aromatic rings. The number of ether oxygens (including phenoxy) is 1. The van der Waals surface area contributed by atoms with Crippen molar-refractivity contribution in [2.75, 3.05) is 13.2 Å². The van der Waals surface area contributed by atoms with E-state index in [4.69, 9.17) is 4.74 Å². The van der Waals surface area contributed by atoms with Gasteiger partial charge in [-0.1, -0.05) is 6.92 Å². The standard InChI is InChI=1S/C19H31NO/c1-2-5-20-18(17-4-3-6-21-13-17)19-10-14-7-15(11-19)9-16(8-14)12-19/h13-16,18,20H,2-12H2,1H3. The van der Waals surface area contributed by atoms with E-state index in [-0.39, 0.29) is 0 Å². The molecule has 1 unspecified atom stereocenters. The zero-order valence-electron chi connectivity index (χ0n) is 13.6. The van der Waals surface area contributed by atoms with Crippen LogP contribution in [0.2, 0.25) is 0 Å². The average molecular weight is 289 g/mol. The molecule has 1 atom stereocenters. The van der Waals surface area contributed by atoms with Crippen molar-refractivity contribution >= 4 is 0 Å². The minimum atomic E-state index is 0.566. The summed E-state index contributed by atoms with van der Waals surface area (Å²) in [6.07, 6.45) is 14.9. The van der Waals surface area contributed by atoms with Crippen LogP contribution in [0.5, 0.6) is 0 Å². The fourth-order valence-corrected chi connectivity index (χ4v) is 6.36. The quantitative estimate of drug-likeness (QED) is 0.816. The Bertz CT molecular complexity index is 379. The van der Waals surface area contributed by atoms with Gasteiger partial charge in [0.25, 0.3) is 0 Å². The van der Waals surface area contributed by atoms with Crippen LogP contribution in [-0.2, 0) is 4.74 Å². The van der Waals surface area contributed by atoms with Gasteiger partial charge >= 0.3 is 0 Å². The summed E-state index contributed by atoms with van der Waals surface area (Å²) >= 11 is 0. The van der Waals surface area contributed by atoms with Gasteiger partial charge in [0.15, 0.2) is 0 Å². The highest BCUT2D eigenvalue weighted by atomic mass is 16.5. The molecule has 0 saturated heterocycles. The highest BCUT2D eigenvalue weighted by molar-refractivity contribution is 5.19. The van der Waals surface area contributed by atoms with Gasteiger partial charge in [-0.15, -0.1) is 0 Å². The third kappa shape index (κ3) is 2.54. The third-order valence-corrected chi connectivity index (χ3v) is 6.63. The first-order chi connectivity index (χ1) is 10.3. The highest BCUT2D eigenvalue weighted by Crippen LogP contribution is 2.62. The van der Waals surface area contributed by atoms with E-state index in [9.17, 15) is 0 Å². The van der Waals surface area contributed by atoms with Gasteiger partial charge in [0.05, 0.1) is 12.9 Å². The summed E-state index contributed by atoms with van der Waals surface area (Å²) < 4.78 is 5.70. The van der Waals surface area contributed by atoms with Crippen LogP contribution in [-0.4, -0.2) is 19.2 Å². The van der Waals surface area contributed by atoms with Crippen LogP contribution in [0, 0.1) is 23.2 Å². The van der Waals surface area contributed by atoms with E-state index in [0.717, 1.165) is 30.9 Å². The maximum atomic E-state index is 5.70. The molecule has 4 fully saturated rings. The second-order valence-corrected chi connectivity index (χ2v) is 8.33. The zero-order chi connectivity index (χ0) is 14.3. The van der Waals surface area contributed by atoms with Crippen molar-refractivity contribution in [3.8, 4) is 0 Å². The van der Waals surface area contributed by atoms with E-state index >= 15 is 0 Å². The molecule has 0 radical (unpaired) electrons. The number of nitrogens with one attached hydrogen (secondary N) is 1. The van der Waals surface area contributed by atoms with Gasteiger partial charge in [-0.05, 0) is 93.1 Å². The van der Waals surface area contributed by atoms with E-state index in [1.807, 2.05) is 0 Å². The molecular formula is C19H31NO. The molecule has 0 amide bonds. The summed E-state index contributed by atoms with van der Waals surface area (Å²) in [5.74, 6) is 3.10. The lowest BCUT2D eigenvalue weighted by molar-refractivity contribution is -0.0684. The minimum absolute atomic E-state index is 0.566. The second-order valence-electron chi connectivity index (χ2n) is 8.33. The maximum Gasteiger partial charge on any atom is 0.0876 e. The molecule has 0 aromatic heterocycles. The first-order valence-electron chi connectivity index (χ1n) is 9.33. The van der Waals surface area contributed by atoms with Gasteiger partial charge in [-0.2, -0.15) is 0 Å².